The highest BCUT2D eigenvalue weighted by molar-refractivity contribution is 7.13. The first kappa shape index (κ1) is 11.2. The summed E-state index contributed by atoms with van der Waals surface area (Å²) in [7, 11) is 1.29. The van der Waals surface area contributed by atoms with Crippen molar-refractivity contribution in [2.24, 2.45) is 0 Å². The van der Waals surface area contributed by atoms with Crippen LogP contribution in [-0.2, 0) is 9.53 Å². The highest BCUT2D eigenvalue weighted by Gasteiger charge is 2.12. The Labute approximate surface area is 100.0 Å². The van der Waals surface area contributed by atoms with E-state index in [0.717, 1.165) is 0 Å². The lowest BCUT2D eigenvalue weighted by atomic mass is 10.5. The molecule has 0 radical (unpaired) electrons. The van der Waals surface area contributed by atoms with E-state index in [9.17, 15) is 4.79 Å². The minimum absolute atomic E-state index is 0.195. The zero-order valence-corrected chi connectivity index (χ0v) is 9.59. The third-order valence-corrected chi connectivity index (χ3v) is 2.37. The third kappa shape index (κ3) is 2.64. The van der Waals surface area contributed by atoms with Crippen LogP contribution in [0.1, 0.15) is 0 Å². The first-order valence-electron chi connectivity index (χ1n) is 4.47. The summed E-state index contributed by atoms with van der Waals surface area (Å²) in [5.41, 5.74) is 1.77. The maximum atomic E-state index is 11.5. The first-order chi connectivity index (χ1) is 8.31. The Morgan fingerprint density at radius 2 is 2.53 bits per heavy atom. The summed E-state index contributed by atoms with van der Waals surface area (Å²) in [5, 5.41) is 14.7. The molecule has 0 aliphatic heterocycles. The van der Waals surface area contributed by atoms with Crippen molar-refractivity contribution in [1.82, 2.24) is 25.0 Å². The van der Waals surface area contributed by atoms with Gasteiger partial charge in [0.2, 0.25) is 5.13 Å². The molecule has 88 valence electrons. The Kier molecular flexibility index (Phi) is 3.40. The van der Waals surface area contributed by atoms with E-state index in [4.69, 9.17) is 0 Å². The highest BCUT2D eigenvalue weighted by atomic mass is 32.1. The first-order valence-corrected chi connectivity index (χ1v) is 5.35. The van der Waals surface area contributed by atoms with E-state index in [-0.39, 0.29) is 5.70 Å². The van der Waals surface area contributed by atoms with Crippen molar-refractivity contribution in [2.75, 3.05) is 12.4 Å². The second-order valence-corrected chi connectivity index (χ2v) is 3.58. The predicted octanol–water partition coefficient (Wildman–Crippen LogP) is 0.213. The molecule has 0 atom stereocenters. The molecule has 0 aliphatic rings. The van der Waals surface area contributed by atoms with E-state index in [1.807, 2.05) is 0 Å². The largest absolute Gasteiger partial charge is 0.464 e. The number of anilines is 1. The number of carbonyl (C=O) groups excluding carboxylic acids is 1. The van der Waals surface area contributed by atoms with Crippen molar-refractivity contribution in [3.63, 3.8) is 0 Å². The van der Waals surface area contributed by atoms with Gasteiger partial charge < -0.3 is 10.1 Å². The molecule has 2 aromatic heterocycles. The number of aromatic nitrogens is 5. The molecule has 0 fully saturated rings. The number of nitrogens with one attached hydrogen (secondary N) is 1. The topological polar surface area (TPSA) is 94.8 Å². The number of rotatable bonds is 4. The Morgan fingerprint density at radius 1 is 1.65 bits per heavy atom. The van der Waals surface area contributed by atoms with Crippen molar-refractivity contribution in [3.8, 4) is 0 Å². The summed E-state index contributed by atoms with van der Waals surface area (Å²) in [5.74, 6) is -0.535. The van der Waals surface area contributed by atoms with Gasteiger partial charge in [0, 0.05) is 6.20 Å². The maximum Gasteiger partial charge on any atom is 0.358 e. The van der Waals surface area contributed by atoms with Gasteiger partial charge in [-0.15, -0.1) is 10.2 Å². The molecule has 1 N–H and O–H groups in total. The number of esters is 1. The summed E-state index contributed by atoms with van der Waals surface area (Å²) in [6, 6.07) is 0. The zero-order chi connectivity index (χ0) is 12.1. The average molecular weight is 252 g/mol. The fraction of sp³-hybridized carbons (Fsp3) is 0.125. The van der Waals surface area contributed by atoms with Crippen molar-refractivity contribution in [1.29, 1.82) is 0 Å². The van der Waals surface area contributed by atoms with Crippen LogP contribution in [0.4, 0.5) is 5.13 Å². The molecule has 0 spiro atoms. The van der Waals surface area contributed by atoms with Crippen LogP contribution in [0.25, 0.3) is 5.70 Å². The van der Waals surface area contributed by atoms with E-state index < -0.39 is 5.97 Å². The van der Waals surface area contributed by atoms with Crippen LogP contribution < -0.4 is 5.32 Å². The van der Waals surface area contributed by atoms with E-state index in [1.165, 1.54) is 42.0 Å². The number of nitrogens with zero attached hydrogens (tertiary/aromatic N) is 5. The van der Waals surface area contributed by atoms with Crippen LogP contribution in [0.3, 0.4) is 0 Å². The summed E-state index contributed by atoms with van der Waals surface area (Å²) >= 11 is 1.31. The van der Waals surface area contributed by atoms with Crippen molar-refractivity contribution >= 4 is 28.1 Å². The summed E-state index contributed by atoms with van der Waals surface area (Å²) in [4.78, 5) is 15.3. The van der Waals surface area contributed by atoms with Crippen LogP contribution in [0.2, 0.25) is 0 Å². The molecule has 0 aromatic carbocycles. The molecule has 17 heavy (non-hydrogen) atoms. The van der Waals surface area contributed by atoms with E-state index in [0.29, 0.717) is 5.13 Å². The Balaban J connectivity index is 2.21. The van der Waals surface area contributed by atoms with Crippen LogP contribution in [0.15, 0.2) is 24.4 Å². The normalized spacial score (nSPS) is 11.2. The predicted molar refractivity (Wildman–Crippen MR) is 59.8 cm³/mol. The van der Waals surface area contributed by atoms with Crippen molar-refractivity contribution in [3.05, 3.63) is 24.4 Å². The molecule has 0 aliphatic carbocycles. The molecule has 2 heterocycles. The van der Waals surface area contributed by atoms with Gasteiger partial charge in [0.1, 0.15) is 18.2 Å². The maximum absolute atomic E-state index is 11.5. The molecule has 0 unspecified atom stereocenters. The lowest BCUT2D eigenvalue weighted by Crippen LogP contribution is -2.12. The van der Waals surface area contributed by atoms with Crippen LogP contribution in [0.5, 0.6) is 0 Å². The number of hydrogen-bond acceptors (Lipinski definition) is 8. The highest BCUT2D eigenvalue weighted by Crippen LogP contribution is 2.10. The van der Waals surface area contributed by atoms with Gasteiger partial charge >= 0.3 is 5.97 Å². The van der Waals surface area contributed by atoms with E-state index >= 15 is 0 Å². The number of methoxy groups -OCH3 is 1. The summed E-state index contributed by atoms with van der Waals surface area (Å²) < 4.78 is 5.93. The SMILES string of the molecule is COC(=O)/C(=C/Nc1nncs1)n1cncn1. The second kappa shape index (κ2) is 5.16. The van der Waals surface area contributed by atoms with Gasteiger partial charge in [-0.2, -0.15) is 5.10 Å². The Hall–Kier alpha value is -2.29. The minimum atomic E-state index is -0.535. The Morgan fingerprint density at radius 3 is 3.12 bits per heavy atom. The summed E-state index contributed by atoms with van der Waals surface area (Å²) in [6.45, 7) is 0. The van der Waals surface area contributed by atoms with Crippen molar-refractivity contribution < 1.29 is 9.53 Å². The van der Waals surface area contributed by atoms with Gasteiger partial charge in [-0.3, -0.25) is 0 Å². The van der Waals surface area contributed by atoms with Gasteiger partial charge in [0.15, 0.2) is 5.70 Å². The van der Waals surface area contributed by atoms with Gasteiger partial charge in [-0.25, -0.2) is 14.5 Å². The molecule has 0 amide bonds. The van der Waals surface area contributed by atoms with Crippen LogP contribution in [-0.4, -0.2) is 38.0 Å². The monoisotopic (exact) mass is 252 g/mol. The minimum Gasteiger partial charge on any atom is -0.464 e. The van der Waals surface area contributed by atoms with E-state index in [2.05, 4.69) is 30.3 Å². The van der Waals surface area contributed by atoms with E-state index in [1.54, 1.807) is 5.51 Å². The van der Waals surface area contributed by atoms with Gasteiger partial charge in [-0.05, 0) is 0 Å². The van der Waals surface area contributed by atoms with Crippen LogP contribution >= 0.6 is 11.3 Å². The molecular weight excluding hydrogens is 244 g/mol. The van der Waals surface area contributed by atoms with Gasteiger partial charge in [0.05, 0.1) is 7.11 Å². The summed E-state index contributed by atoms with van der Waals surface area (Å²) in [6.07, 6.45) is 4.15. The quantitative estimate of drug-likeness (QED) is 0.614. The average Bonchev–Trinajstić information content (AvgIpc) is 3.01. The number of hydrogen-bond donors (Lipinski definition) is 1. The number of carbonyl (C=O) groups is 1. The molecule has 9 heteroatoms. The molecule has 0 saturated carbocycles. The van der Waals surface area contributed by atoms with Crippen molar-refractivity contribution in [2.45, 2.75) is 0 Å². The molecule has 2 rings (SSSR count). The third-order valence-electron chi connectivity index (χ3n) is 1.75. The fourth-order valence-electron chi connectivity index (χ4n) is 1.02. The molecular formula is C8H8N6O2S. The fourth-order valence-corrected chi connectivity index (χ4v) is 1.44. The number of ether oxygens (including phenoxy) is 1. The molecule has 2 aromatic rings. The molecule has 0 bridgehead atoms. The molecule has 8 nitrogen and oxygen atoms in total. The standard InChI is InChI=1S/C8H8N6O2S/c1-16-7(15)6(14-4-9-3-12-14)2-10-8-13-11-5-17-8/h2-5H,1H3,(H,10,13)/b6-2-. The lowest BCUT2D eigenvalue weighted by Gasteiger charge is -2.04. The zero-order valence-electron chi connectivity index (χ0n) is 8.77. The van der Waals surface area contributed by atoms with Gasteiger partial charge in [0.25, 0.3) is 0 Å². The Bertz CT molecular complexity index is 506. The van der Waals surface area contributed by atoms with Gasteiger partial charge in [-0.1, -0.05) is 11.3 Å². The van der Waals surface area contributed by atoms with Crippen LogP contribution in [0, 0.1) is 0 Å². The second-order valence-electron chi connectivity index (χ2n) is 2.75. The molecule has 0 saturated heterocycles. The smallest absolute Gasteiger partial charge is 0.358 e. The lowest BCUT2D eigenvalue weighted by molar-refractivity contribution is -0.134.